The van der Waals surface area contributed by atoms with Crippen LogP contribution in [-0.2, 0) is 17.6 Å². The molecule has 2 heterocycles. The molecule has 0 atom stereocenters. The Morgan fingerprint density at radius 2 is 1.90 bits per heavy atom. The molecule has 1 N–H and O–H groups in total. The highest BCUT2D eigenvalue weighted by atomic mass is 35.5. The minimum absolute atomic E-state index is 0.192. The van der Waals surface area contributed by atoms with Crippen LogP contribution in [0.15, 0.2) is 42.5 Å². The van der Waals surface area contributed by atoms with E-state index in [0.717, 1.165) is 60.5 Å². The molecule has 1 aliphatic carbocycles. The third-order valence-electron chi connectivity index (χ3n) is 6.05. The maximum Gasteiger partial charge on any atom is 0.276 e. The molecule has 6 nitrogen and oxygen atoms in total. The second-order valence-electron chi connectivity index (χ2n) is 8.02. The summed E-state index contributed by atoms with van der Waals surface area (Å²) in [6.45, 7) is 4.84. The zero-order valence-corrected chi connectivity index (χ0v) is 18.3. The van der Waals surface area contributed by atoms with Gasteiger partial charge in [0.05, 0.1) is 35.3 Å². The Hall–Kier alpha value is -2.83. The number of rotatable bonds is 4. The number of ether oxygens (including phenoxy) is 1. The summed E-state index contributed by atoms with van der Waals surface area (Å²) < 4.78 is 7.42. The van der Waals surface area contributed by atoms with Crippen molar-refractivity contribution in [1.82, 2.24) is 9.78 Å². The number of morpholine rings is 1. The smallest absolute Gasteiger partial charge is 0.276 e. The molecule has 1 aromatic heterocycles. The maximum absolute atomic E-state index is 13.4. The topological polar surface area (TPSA) is 59.4 Å². The molecule has 31 heavy (non-hydrogen) atoms. The lowest BCUT2D eigenvalue weighted by Crippen LogP contribution is -2.37. The van der Waals surface area contributed by atoms with Gasteiger partial charge in [0, 0.05) is 24.3 Å². The third kappa shape index (κ3) is 3.70. The molecule has 0 saturated carbocycles. The summed E-state index contributed by atoms with van der Waals surface area (Å²) >= 11 is 6.53. The van der Waals surface area contributed by atoms with Crippen molar-refractivity contribution in [2.24, 2.45) is 0 Å². The summed E-state index contributed by atoms with van der Waals surface area (Å²) in [5.41, 5.74) is 6.40. The summed E-state index contributed by atoms with van der Waals surface area (Å²) in [4.78, 5) is 15.5. The lowest BCUT2D eigenvalue weighted by atomic mass is 10.1. The van der Waals surface area contributed by atoms with Gasteiger partial charge in [0.2, 0.25) is 0 Å². The number of amides is 1. The molecule has 1 saturated heterocycles. The van der Waals surface area contributed by atoms with Crippen molar-refractivity contribution in [3.63, 3.8) is 0 Å². The number of hydrogen-bond donors (Lipinski definition) is 1. The minimum Gasteiger partial charge on any atom is -0.378 e. The average Bonchev–Trinajstić information content (AvgIpc) is 3.38. The van der Waals surface area contributed by atoms with Crippen molar-refractivity contribution in [3.8, 4) is 5.69 Å². The second kappa shape index (κ2) is 8.36. The van der Waals surface area contributed by atoms with Gasteiger partial charge >= 0.3 is 0 Å². The first-order valence-corrected chi connectivity index (χ1v) is 11.1. The highest BCUT2D eigenvalue weighted by Crippen LogP contribution is 2.35. The molecule has 1 fully saturated rings. The van der Waals surface area contributed by atoms with Gasteiger partial charge in [-0.15, -0.1) is 0 Å². The number of carbonyl (C=O) groups excluding carboxylic acids is 1. The van der Waals surface area contributed by atoms with Crippen LogP contribution in [-0.4, -0.2) is 42.0 Å². The number of aryl methyl sites for hydroxylation is 1. The molecular weight excluding hydrogens is 412 g/mol. The standard InChI is InChI=1S/C24H25ClN4O2/c1-16-6-2-3-10-20(16)29-21-11-4-7-17(21)22(27-29)24(30)26-19-9-5-8-18(25)23(19)28-12-14-31-15-13-28/h2-3,5-6,8-10H,4,7,11-15H2,1H3,(H,26,30). The van der Waals surface area contributed by atoms with E-state index in [-0.39, 0.29) is 5.91 Å². The number of benzene rings is 2. The number of carbonyl (C=O) groups is 1. The van der Waals surface area contributed by atoms with Crippen LogP contribution in [0.3, 0.4) is 0 Å². The number of hydrogen-bond acceptors (Lipinski definition) is 4. The molecule has 1 aliphatic heterocycles. The highest BCUT2D eigenvalue weighted by molar-refractivity contribution is 6.34. The Morgan fingerprint density at radius 1 is 1.10 bits per heavy atom. The van der Waals surface area contributed by atoms with Crippen LogP contribution >= 0.6 is 11.6 Å². The Balaban J connectivity index is 1.50. The summed E-state index contributed by atoms with van der Waals surface area (Å²) in [6, 6.07) is 13.8. The normalized spacial score (nSPS) is 15.7. The fraction of sp³-hybridized carbons (Fsp3) is 0.333. The molecule has 0 bridgehead atoms. The first-order valence-electron chi connectivity index (χ1n) is 10.7. The van der Waals surface area contributed by atoms with Crippen LogP contribution in [0.1, 0.15) is 33.7 Å². The number of nitrogens with zero attached hydrogens (tertiary/aromatic N) is 3. The third-order valence-corrected chi connectivity index (χ3v) is 6.36. The van der Waals surface area contributed by atoms with Gasteiger partial charge in [0.15, 0.2) is 5.69 Å². The molecule has 0 radical (unpaired) electrons. The molecule has 1 amide bonds. The van der Waals surface area contributed by atoms with Crippen molar-refractivity contribution in [3.05, 3.63) is 70.0 Å². The van der Waals surface area contributed by atoms with Crippen LogP contribution in [0.5, 0.6) is 0 Å². The summed E-state index contributed by atoms with van der Waals surface area (Å²) in [6.07, 6.45) is 2.84. The van der Waals surface area contributed by atoms with Crippen LogP contribution < -0.4 is 10.2 Å². The van der Waals surface area contributed by atoms with Gasteiger partial charge in [-0.3, -0.25) is 4.79 Å². The molecular formula is C24H25ClN4O2. The molecule has 0 unspecified atom stereocenters. The van der Waals surface area contributed by atoms with E-state index in [1.165, 1.54) is 0 Å². The van der Waals surface area contributed by atoms with Crippen LogP contribution in [0.2, 0.25) is 5.02 Å². The van der Waals surface area contributed by atoms with Crippen molar-refractivity contribution in [2.45, 2.75) is 26.2 Å². The Morgan fingerprint density at radius 3 is 2.71 bits per heavy atom. The first kappa shape index (κ1) is 20.1. The summed E-state index contributed by atoms with van der Waals surface area (Å²) in [7, 11) is 0. The fourth-order valence-electron chi connectivity index (χ4n) is 4.53. The SMILES string of the molecule is Cc1ccccc1-n1nc(C(=O)Nc2cccc(Cl)c2N2CCOCC2)c2c1CCC2. The first-order chi connectivity index (χ1) is 15.1. The van der Waals surface area contributed by atoms with Crippen LogP contribution in [0, 0.1) is 6.92 Å². The lowest BCUT2D eigenvalue weighted by molar-refractivity contribution is 0.102. The number of fused-ring (bicyclic) bond motifs is 1. The second-order valence-corrected chi connectivity index (χ2v) is 8.42. The molecule has 0 spiro atoms. The van der Waals surface area contributed by atoms with E-state index in [1.807, 2.05) is 35.0 Å². The predicted octanol–water partition coefficient (Wildman–Crippen LogP) is 4.41. The quantitative estimate of drug-likeness (QED) is 0.658. The molecule has 3 aromatic rings. The Kier molecular flexibility index (Phi) is 5.42. The van der Waals surface area contributed by atoms with Crippen LogP contribution in [0.25, 0.3) is 5.69 Å². The van der Waals surface area contributed by atoms with E-state index in [4.69, 9.17) is 21.4 Å². The maximum atomic E-state index is 13.4. The van der Waals surface area contributed by atoms with Crippen molar-refractivity contribution >= 4 is 28.9 Å². The molecule has 7 heteroatoms. The van der Waals surface area contributed by atoms with Gasteiger partial charge in [-0.05, 0) is 49.9 Å². The Labute approximate surface area is 186 Å². The van der Waals surface area contributed by atoms with Gasteiger partial charge in [-0.25, -0.2) is 4.68 Å². The monoisotopic (exact) mass is 436 g/mol. The predicted molar refractivity (Wildman–Crippen MR) is 123 cm³/mol. The summed E-state index contributed by atoms with van der Waals surface area (Å²) in [5, 5.41) is 8.47. The van der Waals surface area contributed by atoms with Gasteiger partial charge in [0.25, 0.3) is 5.91 Å². The van der Waals surface area contributed by atoms with Crippen LogP contribution in [0.4, 0.5) is 11.4 Å². The number of anilines is 2. The highest BCUT2D eigenvalue weighted by Gasteiger charge is 2.28. The van der Waals surface area contributed by atoms with E-state index in [1.54, 1.807) is 0 Å². The van der Waals surface area contributed by atoms with E-state index in [2.05, 4.69) is 29.3 Å². The van der Waals surface area contributed by atoms with E-state index in [0.29, 0.717) is 29.6 Å². The van der Waals surface area contributed by atoms with Crippen molar-refractivity contribution in [2.75, 3.05) is 36.5 Å². The van der Waals surface area contributed by atoms with Gasteiger partial charge < -0.3 is 15.0 Å². The largest absolute Gasteiger partial charge is 0.378 e. The number of nitrogens with one attached hydrogen (secondary N) is 1. The van der Waals surface area contributed by atoms with E-state index >= 15 is 0 Å². The zero-order valence-electron chi connectivity index (χ0n) is 17.5. The molecule has 2 aromatic carbocycles. The molecule has 2 aliphatic rings. The Bertz CT molecular complexity index is 1130. The summed E-state index contributed by atoms with van der Waals surface area (Å²) in [5.74, 6) is -0.192. The van der Waals surface area contributed by atoms with Gasteiger partial charge in [0.1, 0.15) is 0 Å². The molecule has 160 valence electrons. The lowest BCUT2D eigenvalue weighted by Gasteiger charge is -2.31. The number of para-hydroxylation sites is 2. The minimum atomic E-state index is -0.192. The number of aromatic nitrogens is 2. The van der Waals surface area contributed by atoms with Gasteiger partial charge in [-0.2, -0.15) is 5.10 Å². The van der Waals surface area contributed by atoms with E-state index < -0.39 is 0 Å². The van der Waals surface area contributed by atoms with E-state index in [9.17, 15) is 4.79 Å². The number of halogens is 1. The zero-order chi connectivity index (χ0) is 21.4. The van der Waals surface area contributed by atoms with Crippen molar-refractivity contribution in [1.29, 1.82) is 0 Å². The van der Waals surface area contributed by atoms with Gasteiger partial charge in [-0.1, -0.05) is 35.9 Å². The molecule has 5 rings (SSSR count). The van der Waals surface area contributed by atoms with Crippen molar-refractivity contribution < 1.29 is 9.53 Å². The average molecular weight is 437 g/mol. The fourth-order valence-corrected chi connectivity index (χ4v) is 4.82.